The highest BCUT2D eigenvalue weighted by molar-refractivity contribution is 7.45. The van der Waals surface area contributed by atoms with E-state index < -0.39 is 26.6 Å². The lowest BCUT2D eigenvalue weighted by molar-refractivity contribution is -0.870. The number of carbonyl (C=O) groups excluding carboxylic acids is 2. The molecular weight excluding hydrogens is 856 g/mol. The van der Waals surface area contributed by atoms with E-state index in [1.54, 1.807) is 0 Å². The van der Waals surface area contributed by atoms with Crippen molar-refractivity contribution in [3.8, 4) is 0 Å². The van der Waals surface area contributed by atoms with Gasteiger partial charge in [0.05, 0.1) is 33.8 Å². The predicted molar refractivity (Wildman–Crippen MR) is 284 cm³/mol. The fourth-order valence-corrected chi connectivity index (χ4v) is 8.30. The van der Waals surface area contributed by atoms with Crippen molar-refractivity contribution in [3.05, 3.63) is 60.8 Å². The van der Waals surface area contributed by atoms with Gasteiger partial charge in [-0.05, 0) is 96.0 Å². The molecule has 390 valence electrons. The van der Waals surface area contributed by atoms with Gasteiger partial charge in [0.2, 0.25) is 5.91 Å². The summed E-state index contributed by atoms with van der Waals surface area (Å²) in [5.74, 6) is -0.587. The lowest BCUT2D eigenvalue weighted by Crippen LogP contribution is -2.47. The molecule has 1 amide bonds. The molecule has 0 heterocycles. The Bertz CT molecular complexity index is 1340. The minimum atomic E-state index is -4.70. The van der Waals surface area contributed by atoms with Crippen molar-refractivity contribution in [1.82, 2.24) is 5.32 Å². The first-order chi connectivity index (χ1) is 32.4. The van der Waals surface area contributed by atoms with Gasteiger partial charge < -0.3 is 28.5 Å². The molecule has 0 saturated carbocycles. The van der Waals surface area contributed by atoms with Crippen LogP contribution in [0.5, 0.6) is 0 Å². The number of allylic oxidation sites excluding steroid dienone is 9. The van der Waals surface area contributed by atoms with E-state index in [4.69, 9.17) is 13.8 Å². The minimum absolute atomic E-state index is 0.0302. The number of phosphoric acid groups is 1. The van der Waals surface area contributed by atoms with Gasteiger partial charge >= 0.3 is 5.97 Å². The summed E-state index contributed by atoms with van der Waals surface area (Å²) in [4.78, 5) is 39.7. The highest BCUT2D eigenvalue weighted by Crippen LogP contribution is 2.38. The van der Waals surface area contributed by atoms with E-state index >= 15 is 0 Å². The topological polar surface area (TPSA) is 114 Å². The van der Waals surface area contributed by atoms with Crippen molar-refractivity contribution in [2.24, 2.45) is 0 Å². The zero-order chi connectivity index (χ0) is 49.4. The third-order valence-corrected chi connectivity index (χ3v) is 12.9. The number of carbonyl (C=O) groups is 2. The molecule has 3 atom stereocenters. The number of nitrogens with zero attached hydrogens (tertiary/aromatic N) is 1. The van der Waals surface area contributed by atoms with Crippen LogP contribution in [0.25, 0.3) is 0 Å². The predicted octanol–water partition coefficient (Wildman–Crippen LogP) is 15.7. The van der Waals surface area contributed by atoms with Crippen molar-refractivity contribution in [3.63, 3.8) is 0 Å². The van der Waals surface area contributed by atoms with Crippen LogP contribution in [0.2, 0.25) is 0 Å². The summed E-state index contributed by atoms with van der Waals surface area (Å²) >= 11 is 0. The smallest absolute Gasteiger partial charge is 0.306 e. The molecule has 0 aliphatic carbocycles. The first-order valence-corrected chi connectivity index (χ1v) is 29.1. The van der Waals surface area contributed by atoms with E-state index in [-0.39, 0.29) is 24.9 Å². The average molecular weight is 961 g/mol. The van der Waals surface area contributed by atoms with Crippen molar-refractivity contribution in [1.29, 1.82) is 0 Å². The maximum Gasteiger partial charge on any atom is 0.306 e. The molecule has 67 heavy (non-hydrogen) atoms. The van der Waals surface area contributed by atoms with E-state index in [1.165, 1.54) is 109 Å². The summed E-state index contributed by atoms with van der Waals surface area (Å²) in [6.45, 7) is 6.76. The monoisotopic (exact) mass is 961 g/mol. The Hall–Kier alpha value is -2.29. The van der Waals surface area contributed by atoms with Gasteiger partial charge in [-0.2, -0.15) is 0 Å². The van der Waals surface area contributed by atoms with Crippen LogP contribution >= 0.6 is 7.82 Å². The van der Waals surface area contributed by atoms with Crippen LogP contribution in [0, 0.1) is 0 Å². The Morgan fingerprint density at radius 2 is 0.910 bits per heavy atom. The van der Waals surface area contributed by atoms with Gasteiger partial charge in [-0.1, -0.05) is 191 Å². The van der Waals surface area contributed by atoms with E-state index in [0.717, 1.165) is 83.5 Å². The number of nitrogens with one attached hydrogen (secondary N) is 1. The van der Waals surface area contributed by atoms with Crippen LogP contribution in [0.4, 0.5) is 0 Å². The molecule has 0 bridgehead atoms. The number of hydrogen-bond acceptors (Lipinski definition) is 7. The number of likely N-dealkylation sites (N-methyl/N-ethyl adjacent to an activating group) is 1. The first kappa shape index (κ1) is 64.7. The van der Waals surface area contributed by atoms with Crippen molar-refractivity contribution in [2.45, 2.75) is 251 Å². The maximum absolute atomic E-state index is 13.4. The highest BCUT2D eigenvalue weighted by Gasteiger charge is 2.27. The number of quaternary nitrogens is 1. The van der Waals surface area contributed by atoms with Crippen LogP contribution in [-0.2, 0) is 27.9 Å². The summed E-state index contributed by atoms with van der Waals surface area (Å²) in [7, 11) is 1.16. The fraction of sp³-hybridized carbons (Fsp3) is 0.789. The number of rotatable bonds is 49. The van der Waals surface area contributed by atoms with Crippen LogP contribution in [0.15, 0.2) is 60.8 Å². The summed E-state index contributed by atoms with van der Waals surface area (Å²) < 4.78 is 30.1. The Morgan fingerprint density at radius 3 is 1.42 bits per heavy atom. The Balaban J connectivity index is 5.42. The lowest BCUT2D eigenvalue weighted by Gasteiger charge is -2.30. The van der Waals surface area contributed by atoms with Gasteiger partial charge in [0, 0.05) is 12.8 Å². The Labute approximate surface area is 413 Å². The van der Waals surface area contributed by atoms with Gasteiger partial charge in [0.1, 0.15) is 19.3 Å². The third-order valence-electron chi connectivity index (χ3n) is 11.9. The quantitative estimate of drug-likeness (QED) is 0.0212. The molecule has 0 aliphatic heterocycles. The number of hydrogen-bond donors (Lipinski definition) is 1. The highest BCUT2D eigenvalue weighted by atomic mass is 31.2. The summed E-state index contributed by atoms with van der Waals surface area (Å²) in [5, 5.41) is 3.00. The molecule has 0 spiro atoms. The molecule has 3 unspecified atom stereocenters. The summed E-state index contributed by atoms with van der Waals surface area (Å²) in [6, 6.07) is -0.904. The SMILES string of the molecule is CCCCC/C=C\C/C=C\C/C=C\CCCCCCC(=O)OC(/C=C/CCCCCCCCCCC)C(COP(=O)([O-])OCC[N+](C)(C)C)NC(=O)CCCCC/C=C\CCCCCCCC. The average Bonchev–Trinajstić information content (AvgIpc) is 3.28. The van der Waals surface area contributed by atoms with E-state index in [2.05, 4.69) is 74.7 Å². The fourth-order valence-electron chi connectivity index (χ4n) is 7.58. The maximum atomic E-state index is 13.4. The van der Waals surface area contributed by atoms with Crippen LogP contribution in [0.3, 0.4) is 0 Å². The van der Waals surface area contributed by atoms with Crippen molar-refractivity contribution < 1.29 is 37.3 Å². The zero-order valence-corrected chi connectivity index (χ0v) is 45.2. The molecule has 0 aromatic carbocycles. The molecule has 0 aliphatic rings. The Morgan fingerprint density at radius 1 is 0.522 bits per heavy atom. The van der Waals surface area contributed by atoms with Gasteiger partial charge in [-0.3, -0.25) is 14.2 Å². The molecule has 0 radical (unpaired) electrons. The molecule has 0 fully saturated rings. The first-order valence-electron chi connectivity index (χ1n) is 27.6. The van der Waals surface area contributed by atoms with Crippen molar-refractivity contribution in [2.75, 3.05) is 40.9 Å². The normalized spacial score (nSPS) is 14.3. The van der Waals surface area contributed by atoms with Crippen LogP contribution < -0.4 is 10.2 Å². The molecule has 0 aromatic rings. The van der Waals surface area contributed by atoms with E-state index in [0.29, 0.717) is 30.3 Å². The summed E-state index contributed by atoms with van der Waals surface area (Å²) in [5.41, 5.74) is 0. The van der Waals surface area contributed by atoms with E-state index in [9.17, 15) is 19.0 Å². The number of phosphoric ester groups is 1. The van der Waals surface area contributed by atoms with Gasteiger partial charge in [-0.25, -0.2) is 0 Å². The standard InChI is InChI=1S/C57H105N2O7P/c1-7-10-13-16-19-22-25-27-28-29-30-32-35-38-41-44-47-50-57(61)66-55(48-45-42-39-36-33-24-21-18-15-12-9-3)54(53-65-67(62,63)64-52-51-59(4,5)6)58-56(60)49-46-43-40-37-34-31-26-23-20-17-14-11-8-2/h19,22,27-28,30-32,34,45,48,54-55H,7-18,20-21,23-26,29,33,35-44,46-47,49-53H2,1-6H3,(H-,58,60,62,63)/b22-19-,28-27-,32-30-,34-31-,48-45+. The molecule has 0 saturated heterocycles. The molecule has 0 rings (SSSR count). The van der Waals surface area contributed by atoms with Gasteiger partial charge in [-0.15, -0.1) is 0 Å². The molecule has 10 heteroatoms. The number of amides is 1. The second-order valence-electron chi connectivity index (χ2n) is 19.7. The third kappa shape index (κ3) is 48.5. The van der Waals surface area contributed by atoms with E-state index in [1.807, 2.05) is 33.3 Å². The van der Waals surface area contributed by atoms with Crippen LogP contribution in [-0.4, -0.2) is 69.4 Å². The largest absolute Gasteiger partial charge is 0.756 e. The number of unbranched alkanes of at least 4 members (excludes halogenated alkanes) is 25. The summed E-state index contributed by atoms with van der Waals surface area (Å²) in [6.07, 6.45) is 57.5. The second kappa shape index (κ2) is 47.4. The van der Waals surface area contributed by atoms with Crippen molar-refractivity contribution >= 4 is 19.7 Å². The number of esters is 1. The number of ether oxygens (including phenoxy) is 1. The Kier molecular flexibility index (Phi) is 45.8. The van der Waals surface area contributed by atoms with Crippen LogP contribution in [0.1, 0.15) is 239 Å². The van der Waals surface area contributed by atoms with Gasteiger partial charge in [0.15, 0.2) is 0 Å². The lowest BCUT2D eigenvalue weighted by atomic mass is 10.1. The molecular formula is C57H105N2O7P. The minimum Gasteiger partial charge on any atom is -0.756 e. The zero-order valence-electron chi connectivity index (χ0n) is 44.3. The van der Waals surface area contributed by atoms with Gasteiger partial charge in [0.25, 0.3) is 7.82 Å². The molecule has 0 aromatic heterocycles. The molecule has 9 nitrogen and oxygen atoms in total. The molecule has 1 N–H and O–H groups in total. The second-order valence-corrected chi connectivity index (χ2v) is 21.1.